The first kappa shape index (κ1) is 9.85. The van der Waals surface area contributed by atoms with E-state index in [1.165, 1.54) is 6.92 Å². The number of hydrogen-bond donors (Lipinski definition) is 5. The zero-order chi connectivity index (χ0) is 9.52. The maximum absolute atomic E-state index is 9.10. The summed E-state index contributed by atoms with van der Waals surface area (Å²) in [4.78, 5) is 0. The Morgan fingerprint density at radius 3 is 2.08 bits per heavy atom. The van der Waals surface area contributed by atoms with E-state index in [1.54, 1.807) is 0 Å². The molecule has 0 aromatic carbocycles. The average Bonchev–Trinajstić information content (AvgIpc) is 1.99. The second-order valence-electron chi connectivity index (χ2n) is 2.90. The van der Waals surface area contributed by atoms with Gasteiger partial charge in [-0.1, -0.05) is 0 Å². The third-order valence-corrected chi connectivity index (χ3v) is 1.94. The van der Waals surface area contributed by atoms with Gasteiger partial charge in [-0.3, -0.25) is 0 Å². The topological polar surface area (TPSA) is 110 Å². The van der Waals surface area contributed by atoms with E-state index in [2.05, 4.69) is 4.74 Å². The van der Waals surface area contributed by atoms with Crippen LogP contribution in [0.5, 0.6) is 0 Å². The van der Waals surface area contributed by atoms with Gasteiger partial charge in [-0.15, -0.1) is 0 Å². The molecule has 12 heavy (non-hydrogen) atoms. The van der Waals surface area contributed by atoms with E-state index in [0.29, 0.717) is 0 Å². The summed E-state index contributed by atoms with van der Waals surface area (Å²) in [7, 11) is 0. The molecule has 72 valence electrons. The summed E-state index contributed by atoms with van der Waals surface area (Å²) in [6.07, 6.45) is -6.21. The van der Waals surface area contributed by atoms with Crippen molar-refractivity contribution in [3.05, 3.63) is 0 Å². The molecule has 1 aliphatic rings. The summed E-state index contributed by atoms with van der Waals surface area (Å²) in [6, 6.07) is 0. The Labute approximate surface area is 68.6 Å². The third-order valence-electron chi connectivity index (χ3n) is 1.94. The molecule has 0 aromatic heterocycles. The maximum Gasteiger partial charge on any atom is 0.224 e. The Kier molecular flexibility index (Phi) is 2.39. The molecule has 4 atom stereocenters. The van der Waals surface area contributed by atoms with Crippen LogP contribution in [0.2, 0.25) is 0 Å². The van der Waals surface area contributed by atoms with Gasteiger partial charge >= 0.3 is 0 Å². The molecule has 0 aliphatic carbocycles. The van der Waals surface area contributed by atoms with Crippen LogP contribution >= 0.6 is 0 Å². The van der Waals surface area contributed by atoms with Crippen LogP contribution in [-0.4, -0.2) is 55.9 Å². The van der Waals surface area contributed by atoms with Gasteiger partial charge in [0.1, 0.15) is 6.10 Å². The highest BCUT2D eigenvalue weighted by molar-refractivity contribution is 4.92. The van der Waals surface area contributed by atoms with Crippen molar-refractivity contribution in [3.8, 4) is 0 Å². The van der Waals surface area contributed by atoms with Crippen molar-refractivity contribution in [2.45, 2.75) is 37.3 Å². The van der Waals surface area contributed by atoms with Gasteiger partial charge in [0.25, 0.3) is 0 Å². The lowest BCUT2D eigenvalue weighted by Gasteiger charge is -2.42. The van der Waals surface area contributed by atoms with Gasteiger partial charge < -0.3 is 30.3 Å². The monoisotopic (exact) mass is 180 g/mol. The van der Waals surface area contributed by atoms with Crippen molar-refractivity contribution in [1.82, 2.24) is 0 Å². The van der Waals surface area contributed by atoms with Crippen LogP contribution < -0.4 is 0 Å². The van der Waals surface area contributed by atoms with Gasteiger partial charge in [0.05, 0.1) is 6.10 Å². The van der Waals surface area contributed by atoms with Crippen molar-refractivity contribution in [3.63, 3.8) is 0 Å². The molecule has 0 radical (unpaired) electrons. The normalized spacial score (nSPS) is 47.5. The highest BCUT2D eigenvalue weighted by atomic mass is 16.7. The first-order chi connectivity index (χ1) is 5.37. The van der Waals surface area contributed by atoms with Crippen LogP contribution in [-0.2, 0) is 4.74 Å². The van der Waals surface area contributed by atoms with Crippen molar-refractivity contribution in [2.75, 3.05) is 0 Å². The molecule has 1 heterocycles. The van der Waals surface area contributed by atoms with Gasteiger partial charge in [-0.25, -0.2) is 0 Å². The fourth-order valence-corrected chi connectivity index (χ4v) is 1.10. The van der Waals surface area contributed by atoms with Crippen LogP contribution in [0.15, 0.2) is 0 Å². The summed E-state index contributed by atoms with van der Waals surface area (Å²) in [5, 5.41) is 45.1. The van der Waals surface area contributed by atoms with Crippen LogP contribution in [0.3, 0.4) is 0 Å². The Balaban J connectivity index is 2.82. The van der Waals surface area contributed by atoms with E-state index in [9.17, 15) is 0 Å². The molecule has 0 aromatic rings. The quantitative estimate of drug-likeness (QED) is 0.256. The maximum atomic E-state index is 9.10. The fourth-order valence-electron chi connectivity index (χ4n) is 1.10. The van der Waals surface area contributed by atoms with E-state index >= 15 is 0 Å². The molecule has 0 saturated carbocycles. The molecular formula is C6H12O6. The minimum absolute atomic E-state index is 0.946. The summed E-state index contributed by atoms with van der Waals surface area (Å²) in [5.41, 5.74) is 0. The summed E-state index contributed by atoms with van der Waals surface area (Å²) >= 11 is 0. The number of aliphatic hydroxyl groups excluding tert-OH is 3. The summed E-state index contributed by atoms with van der Waals surface area (Å²) in [5.74, 6) is -2.73. The van der Waals surface area contributed by atoms with Crippen LogP contribution in [0, 0.1) is 0 Å². The molecule has 1 rings (SSSR count). The van der Waals surface area contributed by atoms with Gasteiger partial charge in [0, 0.05) is 0 Å². The Morgan fingerprint density at radius 1 is 1.08 bits per heavy atom. The van der Waals surface area contributed by atoms with Gasteiger partial charge in [-0.2, -0.15) is 0 Å². The minimum atomic E-state index is -2.73. The number of aliphatic hydroxyl groups is 5. The van der Waals surface area contributed by atoms with Crippen LogP contribution in [0.1, 0.15) is 6.92 Å². The van der Waals surface area contributed by atoms with Crippen LogP contribution in [0.4, 0.5) is 0 Å². The van der Waals surface area contributed by atoms with Crippen molar-refractivity contribution >= 4 is 0 Å². The molecule has 1 unspecified atom stereocenters. The summed E-state index contributed by atoms with van der Waals surface area (Å²) < 4.78 is 4.58. The fraction of sp³-hybridized carbons (Fsp3) is 1.00. The lowest BCUT2D eigenvalue weighted by Crippen LogP contribution is -2.65. The number of ether oxygens (including phenoxy) is 1. The van der Waals surface area contributed by atoms with E-state index in [1.807, 2.05) is 0 Å². The molecule has 5 N–H and O–H groups in total. The van der Waals surface area contributed by atoms with E-state index in [4.69, 9.17) is 25.5 Å². The predicted molar refractivity (Wildman–Crippen MR) is 35.7 cm³/mol. The van der Waals surface area contributed by atoms with E-state index < -0.39 is 30.4 Å². The molecule has 1 aliphatic heterocycles. The standard InChI is InChI=1S/C6H12O6/c1-2-3(7)6(10,11)4(8)5(9)12-2/h2-5,7-11H,1H3/t2-,3-,4-,5?/m0/s1. The molecule has 0 amide bonds. The Hall–Kier alpha value is -0.240. The smallest absolute Gasteiger partial charge is 0.224 e. The second kappa shape index (κ2) is 2.91. The molecule has 1 fully saturated rings. The van der Waals surface area contributed by atoms with Crippen molar-refractivity contribution in [1.29, 1.82) is 0 Å². The lowest BCUT2D eigenvalue weighted by molar-refractivity contribution is -0.376. The average molecular weight is 180 g/mol. The first-order valence-electron chi connectivity index (χ1n) is 3.51. The van der Waals surface area contributed by atoms with Crippen molar-refractivity contribution in [2.24, 2.45) is 0 Å². The van der Waals surface area contributed by atoms with Gasteiger partial charge in [0.15, 0.2) is 12.4 Å². The molecule has 1 saturated heterocycles. The van der Waals surface area contributed by atoms with E-state index in [0.717, 1.165) is 0 Å². The molecule has 6 nitrogen and oxygen atoms in total. The highest BCUT2D eigenvalue weighted by Crippen LogP contribution is 2.26. The number of rotatable bonds is 0. The molecule has 0 bridgehead atoms. The lowest BCUT2D eigenvalue weighted by atomic mass is 9.96. The highest BCUT2D eigenvalue weighted by Gasteiger charge is 2.52. The molecular weight excluding hydrogens is 168 g/mol. The predicted octanol–water partition coefficient (Wildman–Crippen LogP) is -2.87. The zero-order valence-electron chi connectivity index (χ0n) is 6.45. The Bertz CT molecular complexity index is 153. The SMILES string of the molecule is C[C@@H]1OC(O)[C@H](O)C(O)(O)[C@H]1O. The van der Waals surface area contributed by atoms with E-state index in [-0.39, 0.29) is 0 Å². The van der Waals surface area contributed by atoms with Gasteiger partial charge in [0.2, 0.25) is 5.79 Å². The van der Waals surface area contributed by atoms with Crippen LogP contribution in [0.25, 0.3) is 0 Å². The van der Waals surface area contributed by atoms with Gasteiger partial charge in [-0.05, 0) is 6.92 Å². The second-order valence-corrected chi connectivity index (χ2v) is 2.90. The third kappa shape index (κ3) is 1.33. The molecule has 0 spiro atoms. The summed E-state index contributed by atoms with van der Waals surface area (Å²) in [6.45, 7) is 1.35. The number of hydrogen-bond acceptors (Lipinski definition) is 6. The molecule has 6 heteroatoms. The largest absolute Gasteiger partial charge is 0.385 e. The first-order valence-corrected chi connectivity index (χ1v) is 3.51. The van der Waals surface area contributed by atoms with Crippen molar-refractivity contribution < 1.29 is 30.3 Å². The minimum Gasteiger partial charge on any atom is -0.385 e. The zero-order valence-corrected chi connectivity index (χ0v) is 6.45. The Morgan fingerprint density at radius 2 is 1.58 bits per heavy atom.